The lowest BCUT2D eigenvalue weighted by Gasteiger charge is -2.25. The molecule has 4 nitrogen and oxygen atoms in total. The van der Waals surface area contributed by atoms with Crippen LogP contribution in [0.5, 0.6) is 0 Å². The third-order valence-corrected chi connectivity index (χ3v) is 4.43. The Kier molecular flexibility index (Phi) is 5.08. The van der Waals surface area contributed by atoms with E-state index in [4.69, 9.17) is 0 Å². The van der Waals surface area contributed by atoms with Crippen LogP contribution in [0.1, 0.15) is 29.7 Å². The molecule has 0 aliphatic heterocycles. The Balaban J connectivity index is 1.66. The van der Waals surface area contributed by atoms with Crippen LogP contribution in [-0.2, 0) is 12.7 Å². The Bertz CT molecular complexity index is 825. The van der Waals surface area contributed by atoms with Gasteiger partial charge in [0, 0.05) is 12.6 Å². The van der Waals surface area contributed by atoms with E-state index >= 15 is 0 Å². The summed E-state index contributed by atoms with van der Waals surface area (Å²) in [5.74, 6) is 0. The molecule has 3 aromatic rings. The van der Waals surface area contributed by atoms with E-state index in [9.17, 15) is 13.2 Å². The van der Waals surface area contributed by atoms with E-state index in [1.807, 2.05) is 31.3 Å². The minimum absolute atomic E-state index is 0.113. The molecule has 0 aliphatic rings. The third kappa shape index (κ3) is 4.11. The predicted molar refractivity (Wildman–Crippen MR) is 92.7 cm³/mol. The summed E-state index contributed by atoms with van der Waals surface area (Å²) in [6.45, 7) is 2.62. The maximum absolute atomic E-state index is 12.6. The van der Waals surface area contributed by atoms with Crippen molar-refractivity contribution < 1.29 is 13.2 Å². The van der Waals surface area contributed by atoms with Gasteiger partial charge in [0.1, 0.15) is 12.7 Å². The molecule has 0 bridgehead atoms. The van der Waals surface area contributed by atoms with Crippen LogP contribution >= 0.6 is 0 Å². The number of rotatable bonds is 5. The molecule has 1 aromatic heterocycles. The molecule has 7 heteroatoms. The first kappa shape index (κ1) is 18.1. The minimum atomic E-state index is -4.30. The van der Waals surface area contributed by atoms with Gasteiger partial charge in [-0.1, -0.05) is 24.3 Å². The van der Waals surface area contributed by atoms with Gasteiger partial charge in [-0.15, -0.1) is 0 Å². The van der Waals surface area contributed by atoms with E-state index < -0.39 is 11.7 Å². The van der Waals surface area contributed by atoms with Crippen molar-refractivity contribution in [3.05, 3.63) is 77.9 Å². The van der Waals surface area contributed by atoms with Crippen LogP contribution in [0.2, 0.25) is 0 Å². The maximum Gasteiger partial charge on any atom is 0.416 e. The van der Waals surface area contributed by atoms with Gasteiger partial charge in [0.25, 0.3) is 0 Å². The summed E-state index contributed by atoms with van der Waals surface area (Å²) < 4.78 is 39.6. The first-order valence-corrected chi connectivity index (χ1v) is 8.16. The summed E-state index contributed by atoms with van der Waals surface area (Å²) in [5.41, 5.74) is 2.25. The topological polar surface area (TPSA) is 34.0 Å². The van der Waals surface area contributed by atoms with Crippen molar-refractivity contribution in [3.63, 3.8) is 0 Å². The SMILES string of the molecule is CC(c1ccc(-n2cncn2)cc1)N(C)Cc1ccc(C(F)(F)F)cc1. The lowest BCUT2D eigenvalue weighted by atomic mass is 10.1. The maximum atomic E-state index is 12.6. The highest BCUT2D eigenvalue weighted by Gasteiger charge is 2.30. The summed E-state index contributed by atoms with van der Waals surface area (Å²) in [6, 6.07) is 13.4. The fourth-order valence-corrected chi connectivity index (χ4v) is 2.73. The smallest absolute Gasteiger partial charge is 0.295 e. The second-order valence-electron chi connectivity index (χ2n) is 6.22. The first-order chi connectivity index (χ1) is 12.3. The summed E-state index contributed by atoms with van der Waals surface area (Å²) >= 11 is 0. The van der Waals surface area contributed by atoms with Gasteiger partial charge in [-0.05, 0) is 49.4 Å². The quantitative estimate of drug-likeness (QED) is 0.673. The molecule has 0 amide bonds. The van der Waals surface area contributed by atoms with Gasteiger partial charge in [0.05, 0.1) is 11.3 Å². The predicted octanol–water partition coefficient (Wildman–Crippen LogP) is 4.48. The number of alkyl halides is 3. The molecule has 1 atom stereocenters. The monoisotopic (exact) mass is 360 g/mol. The molecule has 3 rings (SSSR count). The lowest BCUT2D eigenvalue weighted by molar-refractivity contribution is -0.137. The van der Waals surface area contributed by atoms with E-state index in [0.717, 1.165) is 28.9 Å². The molecule has 0 spiro atoms. The van der Waals surface area contributed by atoms with Gasteiger partial charge in [-0.25, -0.2) is 9.67 Å². The molecule has 2 aromatic carbocycles. The molecule has 0 aliphatic carbocycles. The molecule has 1 heterocycles. The Morgan fingerprint density at radius 1 is 1.04 bits per heavy atom. The van der Waals surface area contributed by atoms with Gasteiger partial charge in [-0.3, -0.25) is 4.90 Å². The standard InChI is InChI=1S/C19H19F3N4/c1-14(16-5-9-18(10-6-16)26-13-23-12-24-26)25(2)11-15-3-7-17(8-4-15)19(20,21)22/h3-10,12-14H,11H2,1-2H3. The molecule has 0 fully saturated rings. The molecular weight excluding hydrogens is 341 g/mol. The van der Waals surface area contributed by atoms with Crippen molar-refractivity contribution in [2.45, 2.75) is 25.7 Å². The van der Waals surface area contributed by atoms with Crippen molar-refractivity contribution in [1.29, 1.82) is 0 Å². The molecular formula is C19H19F3N4. The largest absolute Gasteiger partial charge is 0.416 e. The highest BCUT2D eigenvalue weighted by Crippen LogP contribution is 2.29. The number of hydrogen-bond acceptors (Lipinski definition) is 3. The fraction of sp³-hybridized carbons (Fsp3) is 0.263. The zero-order chi connectivity index (χ0) is 18.7. The van der Waals surface area contributed by atoms with Crippen molar-refractivity contribution in [1.82, 2.24) is 19.7 Å². The van der Waals surface area contributed by atoms with Crippen molar-refractivity contribution in [2.24, 2.45) is 0 Å². The average molecular weight is 360 g/mol. The molecule has 0 saturated carbocycles. The first-order valence-electron chi connectivity index (χ1n) is 8.16. The van der Waals surface area contributed by atoms with Crippen LogP contribution in [0, 0.1) is 0 Å². The van der Waals surface area contributed by atoms with Crippen molar-refractivity contribution >= 4 is 0 Å². The molecule has 136 valence electrons. The van der Waals surface area contributed by atoms with Gasteiger partial charge < -0.3 is 0 Å². The molecule has 1 unspecified atom stereocenters. The van der Waals surface area contributed by atoms with E-state index in [0.29, 0.717) is 6.54 Å². The van der Waals surface area contributed by atoms with Crippen LogP contribution in [-0.4, -0.2) is 26.7 Å². The van der Waals surface area contributed by atoms with Crippen LogP contribution in [0.15, 0.2) is 61.2 Å². The van der Waals surface area contributed by atoms with Gasteiger partial charge in [0.15, 0.2) is 0 Å². The second kappa shape index (κ2) is 7.29. The van der Waals surface area contributed by atoms with E-state index in [2.05, 4.69) is 21.9 Å². The number of hydrogen-bond donors (Lipinski definition) is 0. The fourth-order valence-electron chi connectivity index (χ4n) is 2.73. The van der Waals surface area contributed by atoms with E-state index in [1.165, 1.54) is 18.5 Å². The summed E-state index contributed by atoms with van der Waals surface area (Å²) in [7, 11) is 1.95. The van der Waals surface area contributed by atoms with Crippen LogP contribution in [0.3, 0.4) is 0 Å². The van der Waals surface area contributed by atoms with E-state index in [-0.39, 0.29) is 6.04 Å². The third-order valence-electron chi connectivity index (χ3n) is 4.43. The highest BCUT2D eigenvalue weighted by atomic mass is 19.4. The molecule has 0 saturated heterocycles. The van der Waals surface area contributed by atoms with Crippen LogP contribution in [0.25, 0.3) is 5.69 Å². The second-order valence-corrected chi connectivity index (χ2v) is 6.22. The number of aromatic nitrogens is 3. The molecule has 0 N–H and O–H groups in total. The minimum Gasteiger partial charge on any atom is -0.295 e. The number of benzene rings is 2. The molecule has 26 heavy (non-hydrogen) atoms. The Morgan fingerprint density at radius 2 is 1.69 bits per heavy atom. The normalized spacial score (nSPS) is 13.2. The Hall–Kier alpha value is -2.67. The van der Waals surface area contributed by atoms with Crippen molar-refractivity contribution in [3.8, 4) is 5.69 Å². The Labute approximate surface area is 149 Å². The lowest BCUT2D eigenvalue weighted by Crippen LogP contribution is -2.22. The van der Waals surface area contributed by atoms with E-state index in [1.54, 1.807) is 11.0 Å². The molecule has 0 radical (unpaired) electrons. The Morgan fingerprint density at radius 3 is 2.23 bits per heavy atom. The number of nitrogens with zero attached hydrogens (tertiary/aromatic N) is 4. The van der Waals surface area contributed by atoms with Gasteiger partial charge in [-0.2, -0.15) is 18.3 Å². The summed E-state index contributed by atoms with van der Waals surface area (Å²) in [4.78, 5) is 6.02. The summed E-state index contributed by atoms with van der Waals surface area (Å²) in [6.07, 6.45) is -1.19. The van der Waals surface area contributed by atoms with Gasteiger partial charge >= 0.3 is 6.18 Å². The zero-order valence-electron chi connectivity index (χ0n) is 14.5. The van der Waals surface area contributed by atoms with Gasteiger partial charge in [0.2, 0.25) is 0 Å². The van der Waals surface area contributed by atoms with Crippen molar-refractivity contribution in [2.75, 3.05) is 7.05 Å². The average Bonchev–Trinajstić information content (AvgIpc) is 3.15. The highest BCUT2D eigenvalue weighted by molar-refractivity contribution is 5.34. The number of halogens is 3. The zero-order valence-corrected chi connectivity index (χ0v) is 14.5. The summed E-state index contributed by atoms with van der Waals surface area (Å²) in [5, 5.41) is 4.09. The van der Waals surface area contributed by atoms with Crippen LogP contribution < -0.4 is 0 Å². The van der Waals surface area contributed by atoms with Crippen LogP contribution in [0.4, 0.5) is 13.2 Å².